The molecule has 0 spiro atoms. The maximum absolute atomic E-state index is 5.92. The monoisotopic (exact) mass is 183 g/mol. The molecule has 1 atom stereocenters. The van der Waals surface area contributed by atoms with Gasteiger partial charge in [0.25, 0.3) is 0 Å². The summed E-state index contributed by atoms with van der Waals surface area (Å²) in [6, 6.07) is 0.198. The van der Waals surface area contributed by atoms with Gasteiger partial charge < -0.3 is 10.5 Å². The molecule has 1 rings (SSSR count). The molecule has 0 saturated heterocycles. The second-order valence-electron chi connectivity index (χ2n) is 3.73. The van der Waals surface area contributed by atoms with Gasteiger partial charge in [-0.05, 0) is 39.0 Å². The molecule has 0 aliphatic heterocycles. The third-order valence-electron chi connectivity index (χ3n) is 2.45. The summed E-state index contributed by atoms with van der Waals surface area (Å²) in [4.78, 5) is 0. The molecule has 0 bridgehead atoms. The Kier molecular flexibility index (Phi) is 5.09. The van der Waals surface area contributed by atoms with E-state index in [1.807, 2.05) is 6.92 Å². The van der Waals surface area contributed by atoms with Gasteiger partial charge in [0.15, 0.2) is 0 Å². The minimum Gasteiger partial charge on any atom is -0.380 e. The van der Waals surface area contributed by atoms with Crippen LogP contribution in [-0.2, 0) is 4.74 Å². The summed E-state index contributed by atoms with van der Waals surface area (Å²) in [5, 5.41) is 0. The van der Waals surface area contributed by atoms with E-state index >= 15 is 0 Å². The highest BCUT2D eigenvalue weighted by Gasteiger charge is 2.08. The third kappa shape index (κ3) is 4.44. The largest absolute Gasteiger partial charge is 0.380 e. The number of hydrogen-bond donors (Lipinski definition) is 1. The topological polar surface area (TPSA) is 35.2 Å². The van der Waals surface area contributed by atoms with Gasteiger partial charge in [-0.25, -0.2) is 0 Å². The van der Waals surface area contributed by atoms with Crippen molar-refractivity contribution in [2.75, 3.05) is 13.2 Å². The van der Waals surface area contributed by atoms with E-state index in [2.05, 4.69) is 6.08 Å². The predicted octanol–water partition coefficient (Wildman–Crippen LogP) is 2.24. The van der Waals surface area contributed by atoms with Crippen LogP contribution in [0.15, 0.2) is 11.6 Å². The Labute approximate surface area is 81.1 Å². The second kappa shape index (κ2) is 6.17. The van der Waals surface area contributed by atoms with Crippen molar-refractivity contribution >= 4 is 0 Å². The van der Waals surface area contributed by atoms with Crippen molar-refractivity contribution in [3.8, 4) is 0 Å². The summed E-state index contributed by atoms with van der Waals surface area (Å²) in [6.07, 6.45) is 8.57. The van der Waals surface area contributed by atoms with Gasteiger partial charge >= 0.3 is 0 Å². The highest BCUT2D eigenvalue weighted by atomic mass is 16.5. The summed E-state index contributed by atoms with van der Waals surface area (Å²) in [5.74, 6) is 0. The van der Waals surface area contributed by atoms with Crippen LogP contribution < -0.4 is 5.73 Å². The molecule has 76 valence electrons. The molecule has 2 heteroatoms. The van der Waals surface area contributed by atoms with Gasteiger partial charge in [-0.3, -0.25) is 0 Å². The Morgan fingerprint density at radius 2 is 2.38 bits per heavy atom. The van der Waals surface area contributed by atoms with Crippen molar-refractivity contribution in [2.24, 2.45) is 5.73 Å². The van der Waals surface area contributed by atoms with Gasteiger partial charge in [0.05, 0.1) is 6.61 Å². The molecule has 0 amide bonds. The van der Waals surface area contributed by atoms with Crippen LogP contribution in [0.1, 0.15) is 39.0 Å². The van der Waals surface area contributed by atoms with Gasteiger partial charge in [0.1, 0.15) is 0 Å². The lowest BCUT2D eigenvalue weighted by molar-refractivity contribution is 0.133. The Morgan fingerprint density at radius 1 is 1.54 bits per heavy atom. The van der Waals surface area contributed by atoms with Gasteiger partial charge in [-0.15, -0.1) is 0 Å². The predicted molar refractivity (Wildman–Crippen MR) is 55.6 cm³/mol. The summed E-state index contributed by atoms with van der Waals surface area (Å²) in [7, 11) is 0. The van der Waals surface area contributed by atoms with E-state index in [4.69, 9.17) is 10.5 Å². The van der Waals surface area contributed by atoms with Gasteiger partial charge in [0, 0.05) is 12.6 Å². The van der Waals surface area contributed by atoms with Crippen LogP contribution in [0.25, 0.3) is 0 Å². The molecule has 0 aromatic carbocycles. The Morgan fingerprint density at radius 3 is 3.00 bits per heavy atom. The van der Waals surface area contributed by atoms with E-state index in [9.17, 15) is 0 Å². The summed E-state index contributed by atoms with van der Waals surface area (Å²) >= 11 is 0. The third-order valence-corrected chi connectivity index (χ3v) is 2.45. The normalized spacial score (nSPS) is 19.7. The summed E-state index contributed by atoms with van der Waals surface area (Å²) in [5.41, 5.74) is 7.47. The molecule has 13 heavy (non-hydrogen) atoms. The Bertz CT molecular complexity index is 165. The van der Waals surface area contributed by atoms with Crippen molar-refractivity contribution in [1.29, 1.82) is 0 Å². The lowest BCUT2D eigenvalue weighted by Gasteiger charge is -2.17. The average molecular weight is 183 g/mol. The van der Waals surface area contributed by atoms with Crippen LogP contribution in [0.4, 0.5) is 0 Å². The van der Waals surface area contributed by atoms with Crippen LogP contribution >= 0.6 is 0 Å². The van der Waals surface area contributed by atoms with Crippen molar-refractivity contribution in [3.05, 3.63) is 11.6 Å². The molecular weight excluding hydrogens is 162 g/mol. The Hall–Kier alpha value is -0.340. The minimum atomic E-state index is 0.198. The first kappa shape index (κ1) is 10.7. The fraction of sp³-hybridized carbons (Fsp3) is 0.818. The van der Waals surface area contributed by atoms with E-state index in [1.165, 1.54) is 25.7 Å². The molecule has 0 fully saturated rings. The van der Waals surface area contributed by atoms with E-state index in [1.54, 1.807) is 5.57 Å². The van der Waals surface area contributed by atoms with Crippen LogP contribution in [0.5, 0.6) is 0 Å². The lowest BCUT2D eigenvalue weighted by Crippen LogP contribution is -2.27. The number of nitrogens with two attached hydrogens (primary N) is 1. The SMILES string of the molecule is CCOCC(N)CC1=CCCCC1. The van der Waals surface area contributed by atoms with E-state index in [-0.39, 0.29) is 6.04 Å². The first-order valence-electron chi connectivity index (χ1n) is 5.34. The number of allylic oxidation sites excluding steroid dienone is 1. The van der Waals surface area contributed by atoms with Crippen LogP contribution in [0.3, 0.4) is 0 Å². The minimum absolute atomic E-state index is 0.198. The first-order chi connectivity index (χ1) is 6.33. The summed E-state index contributed by atoms with van der Waals surface area (Å²) < 4.78 is 5.28. The maximum atomic E-state index is 5.92. The molecule has 0 saturated carbocycles. The molecule has 0 aromatic rings. The van der Waals surface area contributed by atoms with Crippen LogP contribution in [0, 0.1) is 0 Å². The van der Waals surface area contributed by atoms with Crippen LogP contribution in [0.2, 0.25) is 0 Å². The molecule has 0 heterocycles. The van der Waals surface area contributed by atoms with E-state index in [0.717, 1.165) is 13.0 Å². The van der Waals surface area contributed by atoms with E-state index in [0.29, 0.717) is 6.61 Å². The smallest absolute Gasteiger partial charge is 0.0620 e. The molecule has 2 nitrogen and oxygen atoms in total. The zero-order valence-corrected chi connectivity index (χ0v) is 8.59. The highest BCUT2D eigenvalue weighted by molar-refractivity contribution is 5.06. The second-order valence-corrected chi connectivity index (χ2v) is 3.73. The van der Waals surface area contributed by atoms with Crippen molar-refractivity contribution in [1.82, 2.24) is 0 Å². The number of hydrogen-bond acceptors (Lipinski definition) is 2. The first-order valence-corrected chi connectivity index (χ1v) is 5.34. The molecule has 1 aliphatic rings. The maximum Gasteiger partial charge on any atom is 0.0620 e. The highest BCUT2D eigenvalue weighted by Crippen LogP contribution is 2.20. The van der Waals surface area contributed by atoms with Crippen molar-refractivity contribution in [2.45, 2.75) is 45.1 Å². The van der Waals surface area contributed by atoms with Gasteiger partial charge in [0.2, 0.25) is 0 Å². The van der Waals surface area contributed by atoms with Gasteiger partial charge in [-0.2, -0.15) is 0 Å². The van der Waals surface area contributed by atoms with E-state index < -0.39 is 0 Å². The zero-order chi connectivity index (χ0) is 9.52. The fourth-order valence-electron chi connectivity index (χ4n) is 1.75. The number of rotatable bonds is 5. The van der Waals surface area contributed by atoms with Crippen molar-refractivity contribution < 1.29 is 4.74 Å². The van der Waals surface area contributed by atoms with Crippen molar-refractivity contribution in [3.63, 3.8) is 0 Å². The zero-order valence-electron chi connectivity index (χ0n) is 8.59. The quantitative estimate of drug-likeness (QED) is 0.663. The number of ether oxygens (including phenoxy) is 1. The lowest BCUT2D eigenvalue weighted by atomic mass is 9.95. The standard InChI is InChI=1S/C11H21NO/c1-2-13-9-11(12)8-10-6-4-3-5-7-10/h6,11H,2-5,7-9,12H2,1H3. The molecule has 1 unspecified atom stereocenters. The molecule has 2 N–H and O–H groups in total. The molecule has 0 aromatic heterocycles. The molecule has 1 aliphatic carbocycles. The fourth-order valence-corrected chi connectivity index (χ4v) is 1.75. The van der Waals surface area contributed by atoms with Gasteiger partial charge in [-0.1, -0.05) is 11.6 Å². The molecule has 0 radical (unpaired) electrons. The Balaban J connectivity index is 2.18. The summed E-state index contributed by atoms with van der Waals surface area (Å²) in [6.45, 7) is 3.48. The molecular formula is C11H21NO. The average Bonchev–Trinajstić information content (AvgIpc) is 2.16. The van der Waals surface area contributed by atoms with Crippen LogP contribution in [-0.4, -0.2) is 19.3 Å².